The summed E-state index contributed by atoms with van der Waals surface area (Å²) in [7, 11) is 1.53. The van der Waals surface area contributed by atoms with Crippen LogP contribution >= 0.6 is 11.6 Å². The van der Waals surface area contributed by atoms with Gasteiger partial charge in [-0.3, -0.25) is 14.5 Å². The maximum absolute atomic E-state index is 13.1. The van der Waals surface area contributed by atoms with E-state index in [0.717, 1.165) is 25.2 Å². The molecule has 0 aliphatic carbocycles. The standard InChI is InChI=1S/C24H27ClFN3O3/c1-17-15-28(16-18-5-8-20(26)9-6-18)11-12-29(17)23(30)4-3-13-32-22-10-7-19(25)14-21(22)24(31)27-2/h3-10,14,17H,11-13,15-16H2,1-2H3,(H,27,31)/t17-/m1/s1. The van der Waals surface area contributed by atoms with Crippen molar-refractivity contribution < 1.29 is 18.7 Å². The van der Waals surface area contributed by atoms with Gasteiger partial charge in [0.15, 0.2) is 0 Å². The predicted octanol–water partition coefficient (Wildman–Crippen LogP) is 3.51. The summed E-state index contributed by atoms with van der Waals surface area (Å²) in [6.07, 6.45) is 3.14. The molecule has 1 aliphatic heterocycles. The lowest BCUT2D eigenvalue weighted by molar-refractivity contribution is -0.130. The SMILES string of the molecule is CNC(=O)c1cc(Cl)ccc1OCC=CC(=O)N1CCN(Cc2ccc(F)cc2)C[C@H]1C. The second kappa shape index (κ2) is 11.1. The second-order valence-corrected chi connectivity index (χ2v) is 8.11. The van der Waals surface area contributed by atoms with Crippen LogP contribution in [0.1, 0.15) is 22.8 Å². The zero-order valence-electron chi connectivity index (χ0n) is 18.2. The van der Waals surface area contributed by atoms with Gasteiger partial charge in [0.1, 0.15) is 18.2 Å². The van der Waals surface area contributed by atoms with E-state index in [4.69, 9.17) is 16.3 Å². The zero-order chi connectivity index (χ0) is 23.1. The first-order valence-corrected chi connectivity index (χ1v) is 10.8. The number of hydrogen-bond donors (Lipinski definition) is 1. The Bertz CT molecular complexity index is 981. The predicted molar refractivity (Wildman–Crippen MR) is 122 cm³/mol. The van der Waals surface area contributed by atoms with Crippen molar-refractivity contribution in [3.8, 4) is 5.75 Å². The highest BCUT2D eigenvalue weighted by Gasteiger charge is 2.26. The van der Waals surface area contributed by atoms with E-state index >= 15 is 0 Å². The molecule has 1 fully saturated rings. The maximum atomic E-state index is 13.1. The van der Waals surface area contributed by atoms with Crippen LogP contribution in [0.2, 0.25) is 5.02 Å². The molecule has 0 spiro atoms. The molecule has 0 radical (unpaired) electrons. The number of carbonyl (C=O) groups excluding carboxylic acids is 2. The van der Waals surface area contributed by atoms with Gasteiger partial charge in [-0.05, 0) is 48.9 Å². The number of rotatable bonds is 7. The Morgan fingerprint density at radius 1 is 1.22 bits per heavy atom. The Kier molecular flexibility index (Phi) is 8.25. The molecule has 1 aliphatic rings. The average molecular weight is 460 g/mol. The minimum Gasteiger partial charge on any atom is -0.489 e. The van der Waals surface area contributed by atoms with Gasteiger partial charge in [0, 0.05) is 50.4 Å². The summed E-state index contributed by atoms with van der Waals surface area (Å²) in [6.45, 7) is 5.00. The Hall–Kier alpha value is -2.90. The number of benzene rings is 2. The molecule has 2 aromatic carbocycles. The first-order chi connectivity index (χ1) is 15.4. The lowest BCUT2D eigenvalue weighted by atomic mass is 10.1. The maximum Gasteiger partial charge on any atom is 0.254 e. The Morgan fingerprint density at radius 2 is 1.97 bits per heavy atom. The van der Waals surface area contributed by atoms with Crippen LogP contribution in [0, 0.1) is 5.82 Å². The molecular weight excluding hydrogens is 433 g/mol. The molecule has 1 heterocycles. The van der Waals surface area contributed by atoms with Crippen molar-refractivity contribution in [1.82, 2.24) is 15.1 Å². The smallest absolute Gasteiger partial charge is 0.254 e. The van der Waals surface area contributed by atoms with Crippen molar-refractivity contribution in [3.63, 3.8) is 0 Å². The van der Waals surface area contributed by atoms with Crippen LogP contribution in [0.4, 0.5) is 4.39 Å². The minimum absolute atomic E-state index is 0.0541. The summed E-state index contributed by atoms with van der Waals surface area (Å²) in [5.74, 6) is -0.220. The largest absolute Gasteiger partial charge is 0.489 e. The summed E-state index contributed by atoms with van der Waals surface area (Å²) < 4.78 is 18.7. The molecule has 32 heavy (non-hydrogen) atoms. The van der Waals surface area contributed by atoms with Gasteiger partial charge in [0.2, 0.25) is 5.91 Å². The third-order valence-electron chi connectivity index (χ3n) is 5.32. The van der Waals surface area contributed by atoms with Crippen LogP contribution in [-0.2, 0) is 11.3 Å². The number of amides is 2. The molecule has 1 saturated heterocycles. The van der Waals surface area contributed by atoms with E-state index in [1.165, 1.54) is 31.3 Å². The molecule has 2 amide bonds. The molecule has 6 nitrogen and oxygen atoms in total. The first-order valence-electron chi connectivity index (χ1n) is 10.5. The van der Waals surface area contributed by atoms with Crippen molar-refractivity contribution in [2.75, 3.05) is 33.3 Å². The summed E-state index contributed by atoms with van der Waals surface area (Å²) >= 11 is 5.96. The molecule has 0 saturated carbocycles. The molecule has 1 atom stereocenters. The van der Waals surface area contributed by atoms with Gasteiger partial charge in [-0.2, -0.15) is 0 Å². The molecule has 0 unspecified atom stereocenters. The number of piperazine rings is 1. The topological polar surface area (TPSA) is 61.9 Å². The second-order valence-electron chi connectivity index (χ2n) is 7.68. The zero-order valence-corrected chi connectivity index (χ0v) is 18.9. The van der Waals surface area contributed by atoms with Crippen LogP contribution in [0.3, 0.4) is 0 Å². The van der Waals surface area contributed by atoms with Crippen molar-refractivity contribution >= 4 is 23.4 Å². The lowest BCUT2D eigenvalue weighted by Crippen LogP contribution is -2.53. The number of halogens is 2. The van der Waals surface area contributed by atoms with Gasteiger partial charge >= 0.3 is 0 Å². The van der Waals surface area contributed by atoms with Gasteiger partial charge in [0.05, 0.1) is 5.56 Å². The highest BCUT2D eigenvalue weighted by Crippen LogP contribution is 2.23. The number of nitrogens with one attached hydrogen (secondary N) is 1. The van der Waals surface area contributed by atoms with Crippen molar-refractivity contribution in [2.24, 2.45) is 0 Å². The molecule has 0 aromatic heterocycles. The van der Waals surface area contributed by atoms with E-state index in [9.17, 15) is 14.0 Å². The molecule has 8 heteroatoms. The summed E-state index contributed by atoms with van der Waals surface area (Å²) in [5, 5.41) is 2.99. The van der Waals surface area contributed by atoms with Crippen molar-refractivity contribution in [1.29, 1.82) is 0 Å². The van der Waals surface area contributed by atoms with Gasteiger partial charge in [-0.25, -0.2) is 4.39 Å². The normalized spacial score (nSPS) is 16.9. The fraction of sp³-hybridized carbons (Fsp3) is 0.333. The van der Waals surface area contributed by atoms with E-state index in [0.29, 0.717) is 22.9 Å². The lowest BCUT2D eigenvalue weighted by Gasteiger charge is -2.39. The Balaban J connectivity index is 1.50. The van der Waals surface area contributed by atoms with Crippen LogP contribution in [0.25, 0.3) is 0 Å². The van der Waals surface area contributed by atoms with E-state index in [-0.39, 0.29) is 30.3 Å². The van der Waals surface area contributed by atoms with Gasteiger partial charge in [-0.15, -0.1) is 0 Å². The Labute approximate surface area is 192 Å². The summed E-state index contributed by atoms with van der Waals surface area (Å²) in [6, 6.07) is 11.4. The molecule has 1 N–H and O–H groups in total. The summed E-state index contributed by atoms with van der Waals surface area (Å²) in [5.41, 5.74) is 1.39. The quantitative estimate of drug-likeness (QED) is 0.644. The minimum atomic E-state index is -0.296. The fourth-order valence-electron chi connectivity index (χ4n) is 3.67. The molecule has 170 valence electrons. The highest BCUT2D eigenvalue weighted by molar-refractivity contribution is 6.31. The number of ether oxygens (including phenoxy) is 1. The average Bonchev–Trinajstić information content (AvgIpc) is 2.78. The Morgan fingerprint density at radius 3 is 2.66 bits per heavy atom. The van der Waals surface area contributed by atoms with Gasteiger partial charge in [-0.1, -0.05) is 23.7 Å². The molecular formula is C24H27ClFN3O3. The van der Waals surface area contributed by atoms with Crippen LogP contribution < -0.4 is 10.1 Å². The van der Waals surface area contributed by atoms with E-state index in [1.54, 1.807) is 30.3 Å². The van der Waals surface area contributed by atoms with Crippen LogP contribution in [0.15, 0.2) is 54.6 Å². The first kappa shape index (κ1) is 23.8. The number of hydrogen-bond acceptors (Lipinski definition) is 4. The monoisotopic (exact) mass is 459 g/mol. The third kappa shape index (κ3) is 6.31. The van der Waals surface area contributed by atoms with Crippen molar-refractivity contribution in [3.05, 3.63) is 76.6 Å². The van der Waals surface area contributed by atoms with E-state index in [1.807, 2.05) is 11.8 Å². The molecule has 0 bridgehead atoms. The number of nitrogens with zero attached hydrogens (tertiary/aromatic N) is 2. The molecule has 3 rings (SSSR count). The van der Waals surface area contributed by atoms with Gasteiger partial charge < -0.3 is 15.0 Å². The summed E-state index contributed by atoms with van der Waals surface area (Å²) in [4.78, 5) is 28.7. The van der Waals surface area contributed by atoms with Crippen molar-refractivity contribution in [2.45, 2.75) is 19.5 Å². The van der Waals surface area contributed by atoms with Crippen LogP contribution in [0.5, 0.6) is 5.75 Å². The van der Waals surface area contributed by atoms with Crippen LogP contribution in [-0.4, -0.2) is 60.9 Å². The highest BCUT2D eigenvalue weighted by atomic mass is 35.5. The van der Waals surface area contributed by atoms with E-state index < -0.39 is 0 Å². The fourth-order valence-corrected chi connectivity index (χ4v) is 3.85. The third-order valence-corrected chi connectivity index (χ3v) is 5.56. The van der Waals surface area contributed by atoms with Gasteiger partial charge in [0.25, 0.3) is 5.91 Å². The number of carbonyl (C=O) groups is 2. The molecule has 2 aromatic rings. The van der Waals surface area contributed by atoms with E-state index in [2.05, 4.69) is 10.2 Å².